The van der Waals surface area contributed by atoms with Crippen LogP contribution in [0.3, 0.4) is 0 Å². The molecule has 0 saturated carbocycles. The van der Waals surface area contributed by atoms with Crippen LogP contribution in [0.4, 0.5) is 17.1 Å². The molecule has 69 heavy (non-hydrogen) atoms. The van der Waals surface area contributed by atoms with E-state index < -0.39 is 0 Å². The first-order valence-corrected chi connectivity index (χ1v) is 26.2. The normalized spacial score (nSPS) is 19.6. The third kappa shape index (κ3) is 5.64. The summed E-state index contributed by atoms with van der Waals surface area (Å²) in [4.78, 5) is 2.69. The van der Waals surface area contributed by atoms with Crippen LogP contribution in [0.25, 0.3) is 55.0 Å². The van der Waals surface area contributed by atoms with Gasteiger partial charge in [0.1, 0.15) is 11.2 Å². The Morgan fingerprint density at radius 2 is 1.12 bits per heavy atom. The van der Waals surface area contributed by atoms with Gasteiger partial charge in [0.05, 0.1) is 5.69 Å². The maximum atomic E-state index is 7.79. The third-order valence-electron chi connectivity index (χ3n) is 18.8. The Balaban J connectivity index is 1.25. The molecule has 350 valence electrons. The first kappa shape index (κ1) is 43.5. The van der Waals surface area contributed by atoms with Gasteiger partial charge in [-0.05, 0) is 179 Å². The molecule has 2 aliphatic heterocycles. The summed E-state index contributed by atoms with van der Waals surface area (Å²) >= 11 is 0. The number of hydrogen-bond donors (Lipinski definition) is 0. The van der Waals surface area contributed by atoms with E-state index in [1.54, 1.807) is 0 Å². The summed E-state index contributed by atoms with van der Waals surface area (Å²) in [7, 11) is 0. The molecular formula is C65H71BN2O. The van der Waals surface area contributed by atoms with Crippen LogP contribution in [-0.2, 0) is 37.9 Å². The zero-order valence-corrected chi connectivity index (χ0v) is 44.4. The van der Waals surface area contributed by atoms with Crippen molar-refractivity contribution in [2.45, 2.75) is 174 Å². The van der Waals surface area contributed by atoms with Gasteiger partial charge >= 0.3 is 6.85 Å². The summed E-state index contributed by atoms with van der Waals surface area (Å²) in [5, 5.41) is 3.89. The highest BCUT2D eigenvalue weighted by Gasteiger charge is 2.51. The van der Waals surface area contributed by atoms with E-state index in [0.29, 0.717) is 0 Å². The fourth-order valence-corrected chi connectivity index (χ4v) is 14.2. The molecule has 6 aromatic carbocycles. The van der Waals surface area contributed by atoms with Crippen molar-refractivity contribution in [1.82, 2.24) is 4.48 Å². The molecule has 0 saturated heterocycles. The molecule has 5 aliphatic rings. The van der Waals surface area contributed by atoms with Crippen LogP contribution in [0, 0.1) is 0 Å². The molecule has 0 unspecified atom stereocenters. The summed E-state index contributed by atoms with van der Waals surface area (Å²) in [5.41, 5.74) is 26.5. The Morgan fingerprint density at radius 1 is 0.507 bits per heavy atom. The van der Waals surface area contributed by atoms with E-state index in [1.165, 1.54) is 123 Å². The Morgan fingerprint density at radius 3 is 1.78 bits per heavy atom. The van der Waals surface area contributed by atoms with Crippen molar-refractivity contribution >= 4 is 67.8 Å². The number of aromatic nitrogens is 1. The Bertz CT molecular complexity index is 3620. The fourth-order valence-electron chi connectivity index (χ4n) is 14.2. The number of anilines is 3. The van der Waals surface area contributed by atoms with E-state index >= 15 is 0 Å². The van der Waals surface area contributed by atoms with Gasteiger partial charge in [0.15, 0.2) is 0 Å². The minimum absolute atomic E-state index is 0.00389. The van der Waals surface area contributed by atoms with Gasteiger partial charge in [0, 0.05) is 49.5 Å². The van der Waals surface area contributed by atoms with Gasteiger partial charge in [-0.2, -0.15) is 0 Å². The SMILES string of the molecule is CC(C)(C)c1ccc2c(c1)c1cc(C(C)(C)C)cc3c1n2B1c2oc4cc5c(cc4c2N(c2ccc4c(c2)C(C)(C)CCC4(C)C)c2cc4c(c-3c21)-c1ccccc1C4(C)C)C(C)(C)CCC5(C)C. The smallest absolute Gasteiger partial charge is 0.376 e. The molecule has 8 aromatic rings. The Labute approximate surface area is 411 Å². The van der Waals surface area contributed by atoms with Crippen LogP contribution in [0.2, 0.25) is 0 Å². The number of benzene rings is 6. The largest absolute Gasteiger partial charge is 0.466 e. The van der Waals surface area contributed by atoms with Gasteiger partial charge in [-0.25, -0.2) is 0 Å². The summed E-state index contributed by atoms with van der Waals surface area (Å²) in [5.74, 6) is 0. The second-order valence-electron chi connectivity index (χ2n) is 27.5. The zero-order valence-electron chi connectivity index (χ0n) is 44.4. The van der Waals surface area contributed by atoms with Crippen LogP contribution < -0.4 is 16.0 Å². The van der Waals surface area contributed by atoms with Gasteiger partial charge in [0.2, 0.25) is 0 Å². The Kier molecular flexibility index (Phi) is 8.25. The first-order chi connectivity index (χ1) is 32.2. The van der Waals surface area contributed by atoms with Crippen LogP contribution in [0.1, 0.15) is 181 Å². The van der Waals surface area contributed by atoms with Crippen molar-refractivity contribution in [3.8, 4) is 22.3 Å². The molecule has 3 nitrogen and oxygen atoms in total. The standard InChI is InChI=1S/C65H71BN2O/c1-59(2,3)36-21-24-50-40(29-36)41-30-37(60(4,5)6)31-43-54-53-39-19-17-18-20-44(39)65(15,16)49(53)34-51-55(54)66(68(50)56(41)43)58-57(42-33-47-48(35-52(42)69-58)64(13,14)28-27-63(47,11)12)67(51)38-22-23-45-46(32-38)62(9,10)26-25-61(45,7)8/h17-24,29-35H,25-28H2,1-16H3. The van der Waals surface area contributed by atoms with Gasteiger partial charge in [-0.15, -0.1) is 0 Å². The van der Waals surface area contributed by atoms with Crippen molar-refractivity contribution in [3.63, 3.8) is 0 Å². The highest BCUT2D eigenvalue weighted by Crippen LogP contribution is 2.59. The lowest BCUT2D eigenvalue weighted by molar-refractivity contribution is 0.332. The predicted octanol–water partition coefficient (Wildman–Crippen LogP) is 16.6. The van der Waals surface area contributed by atoms with Crippen LogP contribution in [-0.4, -0.2) is 11.3 Å². The quantitative estimate of drug-likeness (QED) is 0.153. The van der Waals surface area contributed by atoms with Crippen LogP contribution in [0.5, 0.6) is 0 Å². The van der Waals surface area contributed by atoms with Gasteiger partial charge < -0.3 is 13.8 Å². The minimum Gasteiger partial charge on any atom is -0.466 e. The molecule has 0 amide bonds. The van der Waals surface area contributed by atoms with Crippen molar-refractivity contribution in [3.05, 3.63) is 136 Å². The number of rotatable bonds is 1. The molecule has 0 N–H and O–H groups in total. The number of fused-ring (bicyclic) bond motifs is 15. The lowest BCUT2D eigenvalue weighted by Crippen LogP contribution is -2.56. The van der Waals surface area contributed by atoms with E-state index in [-0.39, 0.29) is 44.8 Å². The number of furan rings is 1. The maximum Gasteiger partial charge on any atom is 0.376 e. The third-order valence-corrected chi connectivity index (χ3v) is 18.8. The molecule has 0 spiro atoms. The van der Waals surface area contributed by atoms with E-state index in [2.05, 4.69) is 211 Å². The molecule has 13 rings (SSSR count). The topological polar surface area (TPSA) is 21.3 Å². The highest BCUT2D eigenvalue weighted by atomic mass is 16.3. The first-order valence-electron chi connectivity index (χ1n) is 26.2. The minimum atomic E-state index is -0.222. The Hall–Kier alpha value is -5.48. The average Bonchev–Trinajstić information content (AvgIpc) is 3.89. The molecule has 3 aliphatic carbocycles. The lowest BCUT2D eigenvalue weighted by atomic mass is 9.47. The molecule has 0 radical (unpaired) electrons. The van der Waals surface area contributed by atoms with Crippen molar-refractivity contribution in [1.29, 1.82) is 0 Å². The second-order valence-corrected chi connectivity index (χ2v) is 27.5. The molecule has 2 aromatic heterocycles. The second kappa shape index (κ2) is 13.1. The van der Waals surface area contributed by atoms with Crippen LogP contribution in [0.15, 0.2) is 95.4 Å². The van der Waals surface area contributed by atoms with Crippen LogP contribution >= 0.6 is 0 Å². The van der Waals surface area contributed by atoms with E-state index in [0.717, 1.165) is 30.5 Å². The molecule has 4 heteroatoms. The van der Waals surface area contributed by atoms with Crippen molar-refractivity contribution in [2.75, 3.05) is 4.90 Å². The van der Waals surface area contributed by atoms with Crippen molar-refractivity contribution in [2.24, 2.45) is 0 Å². The monoisotopic (exact) mass is 907 g/mol. The molecule has 4 heterocycles. The fraction of sp³-hybridized carbons (Fsp3) is 0.415. The number of hydrogen-bond acceptors (Lipinski definition) is 2. The van der Waals surface area contributed by atoms with E-state index in [9.17, 15) is 0 Å². The summed E-state index contributed by atoms with van der Waals surface area (Å²) in [6.45, 7) is 38.6. The predicted molar refractivity (Wildman–Crippen MR) is 295 cm³/mol. The molecule has 0 atom stereocenters. The average molecular weight is 907 g/mol. The van der Waals surface area contributed by atoms with Crippen molar-refractivity contribution < 1.29 is 4.42 Å². The lowest BCUT2D eigenvalue weighted by Gasteiger charge is -2.44. The zero-order chi connectivity index (χ0) is 48.7. The maximum absolute atomic E-state index is 7.79. The molecule has 0 bridgehead atoms. The summed E-state index contributed by atoms with van der Waals surface area (Å²) < 4.78 is 10.5. The summed E-state index contributed by atoms with van der Waals surface area (Å²) in [6, 6.07) is 37.0. The molecular weight excluding hydrogens is 836 g/mol. The summed E-state index contributed by atoms with van der Waals surface area (Å²) in [6.07, 6.45) is 4.66. The molecule has 0 fully saturated rings. The number of nitrogens with zero attached hydrogens (tertiary/aromatic N) is 2. The van der Waals surface area contributed by atoms with Gasteiger partial charge in [-0.1, -0.05) is 147 Å². The highest BCUT2D eigenvalue weighted by molar-refractivity contribution is 6.89. The van der Waals surface area contributed by atoms with E-state index in [1.807, 2.05) is 0 Å². The van der Waals surface area contributed by atoms with Gasteiger partial charge in [-0.3, -0.25) is 0 Å². The van der Waals surface area contributed by atoms with E-state index in [4.69, 9.17) is 4.42 Å². The van der Waals surface area contributed by atoms with Gasteiger partial charge in [0.25, 0.3) is 0 Å².